The summed E-state index contributed by atoms with van der Waals surface area (Å²) in [7, 11) is 0. The van der Waals surface area contributed by atoms with E-state index in [-0.39, 0.29) is 5.91 Å². The number of piperidine rings is 1. The van der Waals surface area contributed by atoms with Gasteiger partial charge in [0.15, 0.2) is 0 Å². The first-order chi connectivity index (χ1) is 11.1. The predicted octanol–water partition coefficient (Wildman–Crippen LogP) is 2.01. The molecule has 2 aliphatic rings. The number of hydrogen-bond acceptors (Lipinski definition) is 4. The molecule has 0 aliphatic carbocycles. The van der Waals surface area contributed by atoms with Crippen LogP contribution in [0.15, 0.2) is 18.3 Å². The number of pyridine rings is 1. The molecular weight excluding hydrogens is 294 g/mol. The zero-order chi connectivity index (χ0) is 16.4. The molecule has 1 aromatic heterocycles. The highest BCUT2D eigenvalue weighted by Gasteiger charge is 2.31. The number of amides is 1. The van der Waals surface area contributed by atoms with Gasteiger partial charge in [-0.05, 0) is 43.7 Å². The number of carboxylic acid groups (broad SMARTS) is 1. The Morgan fingerprint density at radius 3 is 2.52 bits per heavy atom. The number of carbonyl (C=O) groups is 2. The second kappa shape index (κ2) is 6.56. The van der Waals surface area contributed by atoms with Gasteiger partial charge in [-0.15, -0.1) is 0 Å². The van der Waals surface area contributed by atoms with Gasteiger partial charge in [-0.2, -0.15) is 0 Å². The lowest BCUT2D eigenvalue weighted by atomic mass is 9.99. The second-order valence-electron chi connectivity index (χ2n) is 6.57. The fourth-order valence-electron chi connectivity index (χ4n) is 3.37. The molecule has 23 heavy (non-hydrogen) atoms. The van der Waals surface area contributed by atoms with Gasteiger partial charge >= 0.3 is 5.97 Å². The van der Waals surface area contributed by atoms with Crippen LogP contribution in [0.25, 0.3) is 0 Å². The molecule has 3 rings (SSSR count). The number of carboxylic acids is 1. The molecule has 2 aliphatic heterocycles. The van der Waals surface area contributed by atoms with Crippen molar-refractivity contribution < 1.29 is 14.7 Å². The van der Waals surface area contributed by atoms with Gasteiger partial charge < -0.3 is 14.9 Å². The summed E-state index contributed by atoms with van der Waals surface area (Å²) < 4.78 is 0. The van der Waals surface area contributed by atoms with E-state index in [2.05, 4.69) is 11.9 Å². The van der Waals surface area contributed by atoms with Crippen LogP contribution in [0.1, 0.15) is 43.0 Å². The minimum absolute atomic E-state index is 0.0205. The van der Waals surface area contributed by atoms with Crippen molar-refractivity contribution in [1.29, 1.82) is 0 Å². The normalized spacial score (nSPS) is 22.4. The summed E-state index contributed by atoms with van der Waals surface area (Å²) in [5, 5.41) is 9.25. The van der Waals surface area contributed by atoms with Gasteiger partial charge in [0.25, 0.3) is 5.91 Å². The van der Waals surface area contributed by atoms with Crippen LogP contribution in [0, 0.1) is 5.92 Å². The Hall–Kier alpha value is -2.11. The highest BCUT2D eigenvalue weighted by molar-refractivity contribution is 5.94. The van der Waals surface area contributed by atoms with E-state index in [1.807, 2.05) is 4.90 Å². The lowest BCUT2D eigenvalue weighted by molar-refractivity contribution is -0.138. The molecule has 1 amide bonds. The molecule has 0 spiro atoms. The molecule has 0 bridgehead atoms. The van der Waals surface area contributed by atoms with Crippen LogP contribution in [0.3, 0.4) is 0 Å². The molecule has 6 heteroatoms. The molecule has 1 N–H and O–H groups in total. The van der Waals surface area contributed by atoms with Crippen molar-refractivity contribution in [3.05, 3.63) is 23.9 Å². The van der Waals surface area contributed by atoms with Gasteiger partial charge in [0.05, 0.1) is 5.56 Å². The topological polar surface area (TPSA) is 73.7 Å². The number of carbonyl (C=O) groups excluding carboxylic acids is 1. The number of aliphatic carboxylic acids is 1. The lowest BCUT2D eigenvalue weighted by Crippen LogP contribution is -2.38. The van der Waals surface area contributed by atoms with E-state index in [9.17, 15) is 14.7 Å². The number of hydrogen-bond donors (Lipinski definition) is 1. The van der Waals surface area contributed by atoms with Gasteiger partial charge in [0, 0.05) is 25.8 Å². The first-order valence-corrected chi connectivity index (χ1v) is 8.31. The third kappa shape index (κ3) is 3.30. The van der Waals surface area contributed by atoms with Crippen LogP contribution in [-0.4, -0.2) is 52.5 Å². The van der Waals surface area contributed by atoms with Crippen LogP contribution in [0.5, 0.6) is 0 Å². The molecule has 1 aromatic rings. The zero-order valence-corrected chi connectivity index (χ0v) is 13.4. The summed E-state index contributed by atoms with van der Waals surface area (Å²) in [6, 6.07) is 3.02. The van der Waals surface area contributed by atoms with E-state index in [1.165, 1.54) is 0 Å². The van der Waals surface area contributed by atoms with Gasteiger partial charge in [0.2, 0.25) is 0 Å². The summed E-state index contributed by atoms with van der Waals surface area (Å²) >= 11 is 0. The third-order valence-electron chi connectivity index (χ3n) is 4.90. The van der Waals surface area contributed by atoms with Crippen LogP contribution < -0.4 is 4.90 Å². The maximum absolute atomic E-state index is 12.5. The Balaban J connectivity index is 1.69. The standard InChI is InChI=1S/C17H23N3O3/c1-12-6-9-19(10-7-12)16(21)13-4-5-15(18-11-13)20-8-2-3-14(20)17(22)23/h4-5,11-12,14H,2-3,6-10H2,1H3,(H,22,23)/t14-/m1/s1. The number of likely N-dealkylation sites (tertiary alicyclic amines) is 1. The highest BCUT2D eigenvalue weighted by Crippen LogP contribution is 2.24. The number of anilines is 1. The number of rotatable bonds is 3. The first-order valence-electron chi connectivity index (χ1n) is 8.31. The van der Waals surface area contributed by atoms with Crippen LogP contribution in [-0.2, 0) is 4.79 Å². The van der Waals surface area contributed by atoms with Gasteiger partial charge in [0.1, 0.15) is 11.9 Å². The monoisotopic (exact) mass is 317 g/mol. The SMILES string of the molecule is CC1CCN(C(=O)c2ccc(N3CCC[C@@H]3C(=O)O)nc2)CC1. The van der Waals surface area contributed by atoms with Gasteiger partial charge in [-0.1, -0.05) is 6.92 Å². The summed E-state index contributed by atoms with van der Waals surface area (Å²) in [6.07, 6.45) is 5.17. The van der Waals surface area contributed by atoms with E-state index in [1.54, 1.807) is 23.2 Å². The molecule has 1 atom stereocenters. The maximum atomic E-state index is 12.5. The highest BCUT2D eigenvalue weighted by atomic mass is 16.4. The van der Waals surface area contributed by atoms with Crippen molar-refractivity contribution in [1.82, 2.24) is 9.88 Å². The molecule has 0 radical (unpaired) electrons. The Bertz CT molecular complexity index is 579. The van der Waals surface area contributed by atoms with E-state index in [4.69, 9.17) is 0 Å². The predicted molar refractivity (Wildman–Crippen MR) is 86.5 cm³/mol. The van der Waals surface area contributed by atoms with Crippen molar-refractivity contribution in [3.63, 3.8) is 0 Å². The Kier molecular flexibility index (Phi) is 4.50. The van der Waals surface area contributed by atoms with Crippen molar-refractivity contribution >= 4 is 17.7 Å². The molecular formula is C17H23N3O3. The largest absolute Gasteiger partial charge is 0.480 e. The van der Waals surface area contributed by atoms with Gasteiger partial charge in [-0.25, -0.2) is 9.78 Å². The smallest absolute Gasteiger partial charge is 0.326 e. The quantitative estimate of drug-likeness (QED) is 0.923. The Labute approximate surface area is 136 Å². The molecule has 2 saturated heterocycles. The average Bonchev–Trinajstić information content (AvgIpc) is 3.05. The fourth-order valence-corrected chi connectivity index (χ4v) is 3.37. The molecule has 0 unspecified atom stereocenters. The van der Waals surface area contributed by atoms with Crippen molar-refractivity contribution in [2.75, 3.05) is 24.5 Å². The van der Waals surface area contributed by atoms with Crippen LogP contribution in [0.4, 0.5) is 5.82 Å². The van der Waals surface area contributed by atoms with E-state index >= 15 is 0 Å². The maximum Gasteiger partial charge on any atom is 0.326 e. The molecule has 6 nitrogen and oxygen atoms in total. The molecule has 0 saturated carbocycles. The van der Waals surface area contributed by atoms with E-state index < -0.39 is 12.0 Å². The van der Waals surface area contributed by atoms with Gasteiger partial charge in [-0.3, -0.25) is 4.79 Å². The summed E-state index contributed by atoms with van der Waals surface area (Å²) in [6.45, 7) is 4.51. The minimum Gasteiger partial charge on any atom is -0.480 e. The zero-order valence-electron chi connectivity index (χ0n) is 13.4. The summed E-state index contributed by atoms with van der Waals surface area (Å²) in [5.74, 6) is 0.528. The van der Waals surface area contributed by atoms with Crippen LogP contribution >= 0.6 is 0 Å². The Morgan fingerprint density at radius 1 is 1.17 bits per heavy atom. The number of nitrogens with zero attached hydrogens (tertiary/aromatic N) is 3. The van der Waals surface area contributed by atoms with Crippen molar-refractivity contribution in [3.8, 4) is 0 Å². The van der Waals surface area contributed by atoms with E-state index in [0.717, 1.165) is 32.4 Å². The minimum atomic E-state index is -0.813. The van der Waals surface area contributed by atoms with Crippen molar-refractivity contribution in [2.24, 2.45) is 5.92 Å². The first kappa shape index (κ1) is 15.8. The van der Waals surface area contributed by atoms with E-state index in [0.29, 0.717) is 30.3 Å². The van der Waals surface area contributed by atoms with Crippen LogP contribution in [0.2, 0.25) is 0 Å². The van der Waals surface area contributed by atoms with Crippen molar-refractivity contribution in [2.45, 2.75) is 38.6 Å². The molecule has 124 valence electrons. The Morgan fingerprint density at radius 2 is 1.91 bits per heavy atom. The lowest BCUT2D eigenvalue weighted by Gasteiger charge is -2.30. The third-order valence-corrected chi connectivity index (χ3v) is 4.90. The summed E-state index contributed by atoms with van der Waals surface area (Å²) in [4.78, 5) is 31.8. The average molecular weight is 317 g/mol. The summed E-state index contributed by atoms with van der Waals surface area (Å²) in [5.41, 5.74) is 0.578. The molecule has 3 heterocycles. The fraction of sp³-hybridized carbons (Fsp3) is 0.588. The second-order valence-corrected chi connectivity index (χ2v) is 6.57. The molecule has 2 fully saturated rings. The molecule has 0 aromatic carbocycles. The number of aromatic nitrogens is 1.